The minimum atomic E-state index is -5.53. The molecule has 134 valence electrons. The Kier molecular flexibility index (Phi) is 5.41. The average Bonchev–Trinajstić information content (AvgIpc) is 2.35. The van der Waals surface area contributed by atoms with Crippen molar-refractivity contribution in [2.45, 2.75) is 64.6 Å². The van der Waals surface area contributed by atoms with Crippen molar-refractivity contribution < 1.29 is 24.9 Å². The van der Waals surface area contributed by atoms with Gasteiger partial charge in [0.1, 0.15) is 0 Å². The number of rotatable bonds is 4. The van der Waals surface area contributed by atoms with Crippen LogP contribution in [0, 0.1) is 0 Å². The molecule has 1 unspecified atom stereocenters. The number of aliphatic hydroxyl groups excluding tert-OH is 2. The van der Waals surface area contributed by atoms with E-state index in [0.717, 1.165) is 5.56 Å². The quantitative estimate of drug-likeness (QED) is 0.536. The van der Waals surface area contributed by atoms with Gasteiger partial charge in [-0.1, -0.05) is 0 Å². The predicted octanol–water partition coefficient (Wildman–Crippen LogP) is 1.88. The summed E-state index contributed by atoms with van der Waals surface area (Å²) in [6.45, 7) is 11.4. The summed E-state index contributed by atoms with van der Waals surface area (Å²) in [5.41, 5.74) is 0.966. The number of benzene rings is 1. The molecule has 0 fully saturated rings. The van der Waals surface area contributed by atoms with Gasteiger partial charge in [0, 0.05) is 0 Å². The fraction of sp³-hybridized carbons (Fsp3) is 0.647. The van der Waals surface area contributed by atoms with Gasteiger partial charge in [-0.3, -0.25) is 0 Å². The Labute approximate surface area is 138 Å². The molecule has 0 aliphatic rings. The van der Waals surface area contributed by atoms with Gasteiger partial charge in [0.25, 0.3) is 0 Å². The van der Waals surface area contributed by atoms with Crippen LogP contribution in [0.15, 0.2) is 18.2 Å². The standard InChI is InChI=1S/C17H31O5P/c1-16(2,3)12-7-8-14(13(11-12)17(4,5)6)23(20,21,22)15(19)9-10-18/h7-8,11,15,18-22H,9-10H2,1-6H3. The van der Waals surface area contributed by atoms with Gasteiger partial charge in [0.05, 0.1) is 0 Å². The Morgan fingerprint density at radius 3 is 1.87 bits per heavy atom. The molecule has 0 saturated carbocycles. The van der Waals surface area contributed by atoms with E-state index >= 15 is 0 Å². The number of hydrogen-bond donors (Lipinski definition) is 5. The average molecular weight is 346 g/mol. The van der Waals surface area contributed by atoms with Crippen molar-refractivity contribution in [1.29, 1.82) is 0 Å². The Morgan fingerprint density at radius 1 is 0.957 bits per heavy atom. The van der Waals surface area contributed by atoms with Gasteiger partial charge in [-0.15, -0.1) is 0 Å². The van der Waals surface area contributed by atoms with E-state index in [0.29, 0.717) is 5.56 Å². The Hall–Kier alpha value is -0.550. The third kappa shape index (κ3) is 4.30. The van der Waals surface area contributed by atoms with Crippen LogP contribution in [0.2, 0.25) is 0 Å². The Bertz CT molecular complexity index is 561. The first-order valence-electron chi connectivity index (χ1n) is 7.80. The molecule has 0 spiro atoms. The van der Waals surface area contributed by atoms with Crippen molar-refractivity contribution in [1.82, 2.24) is 0 Å². The molecule has 6 heteroatoms. The second-order valence-corrected chi connectivity index (χ2v) is 11.4. The normalized spacial score (nSPS) is 16.7. The molecule has 0 aliphatic heterocycles. The van der Waals surface area contributed by atoms with E-state index in [2.05, 4.69) is 0 Å². The first-order chi connectivity index (χ1) is 10.1. The second-order valence-electron chi connectivity index (χ2n) is 8.27. The monoisotopic (exact) mass is 346 g/mol. The summed E-state index contributed by atoms with van der Waals surface area (Å²) in [7, 11) is -5.53. The third-order valence-corrected chi connectivity index (χ3v) is 6.74. The molecule has 1 atom stereocenters. The van der Waals surface area contributed by atoms with E-state index in [1.807, 2.05) is 47.6 Å². The number of aliphatic hydroxyl groups is 2. The van der Waals surface area contributed by atoms with E-state index in [-0.39, 0.29) is 17.1 Å². The Morgan fingerprint density at radius 2 is 1.48 bits per heavy atom. The van der Waals surface area contributed by atoms with E-state index in [1.54, 1.807) is 6.07 Å². The number of hydrogen-bond acceptors (Lipinski definition) is 5. The van der Waals surface area contributed by atoms with Gasteiger partial charge in [-0.25, -0.2) is 0 Å². The van der Waals surface area contributed by atoms with E-state index in [9.17, 15) is 19.8 Å². The molecule has 1 aromatic carbocycles. The van der Waals surface area contributed by atoms with Crippen LogP contribution in [-0.2, 0) is 10.8 Å². The first kappa shape index (κ1) is 20.5. The molecule has 0 amide bonds. The summed E-state index contributed by atoms with van der Waals surface area (Å²) in [4.78, 5) is 31.7. The molecule has 1 aromatic rings. The molecule has 5 N–H and O–H groups in total. The summed E-state index contributed by atoms with van der Waals surface area (Å²) in [6, 6.07) is 5.07. The van der Waals surface area contributed by atoms with Crippen molar-refractivity contribution in [3.05, 3.63) is 29.3 Å². The van der Waals surface area contributed by atoms with Crippen LogP contribution < -0.4 is 5.30 Å². The molecule has 0 aliphatic carbocycles. The molecule has 5 nitrogen and oxygen atoms in total. The molecular formula is C17H31O5P. The molecule has 0 aromatic heterocycles. The molecule has 1 rings (SSSR count). The van der Waals surface area contributed by atoms with Crippen LogP contribution in [0.3, 0.4) is 0 Å². The molecular weight excluding hydrogens is 315 g/mol. The van der Waals surface area contributed by atoms with Gasteiger partial charge in [0.2, 0.25) is 0 Å². The van der Waals surface area contributed by atoms with Crippen molar-refractivity contribution >= 4 is 12.6 Å². The predicted molar refractivity (Wildman–Crippen MR) is 94.8 cm³/mol. The van der Waals surface area contributed by atoms with Crippen LogP contribution in [0.1, 0.15) is 59.1 Å². The van der Waals surface area contributed by atoms with Crippen LogP contribution in [0.25, 0.3) is 0 Å². The van der Waals surface area contributed by atoms with Crippen molar-refractivity contribution in [3.8, 4) is 0 Å². The molecule has 0 radical (unpaired) electrons. The van der Waals surface area contributed by atoms with Gasteiger partial charge in [-0.05, 0) is 0 Å². The van der Waals surface area contributed by atoms with Gasteiger partial charge < -0.3 is 0 Å². The fourth-order valence-corrected chi connectivity index (χ4v) is 4.63. The molecule has 0 bridgehead atoms. The van der Waals surface area contributed by atoms with Gasteiger partial charge in [-0.2, -0.15) is 0 Å². The van der Waals surface area contributed by atoms with Gasteiger partial charge >= 0.3 is 138 Å². The third-order valence-electron chi connectivity index (χ3n) is 4.07. The zero-order valence-corrected chi connectivity index (χ0v) is 15.8. The molecule has 23 heavy (non-hydrogen) atoms. The topological polar surface area (TPSA) is 101 Å². The molecule has 0 saturated heterocycles. The van der Waals surface area contributed by atoms with Crippen molar-refractivity contribution in [3.63, 3.8) is 0 Å². The van der Waals surface area contributed by atoms with E-state index in [1.165, 1.54) is 6.07 Å². The summed E-state index contributed by atoms with van der Waals surface area (Å²) in [5.74, 6) is -1.81. The van der Waals surface area contributed by atoms with E-state index in [4.69, 9.17) is 5.11 Å². The maximum atomic E-state index is 10.6. The van der Waals surface area contributed by atoms with Crippen LogP contribution in [-0.4, -0.2) is 37.3 Å². The zero-order valence-electron chi connectivity index (χ0n) is 14.9. The second kappa shape index (κ2) is 6.07. The SMILES string of the molecule is CC(C)(C)c1ccc(P(O)(O)(O)C(O)CCO)c(C(C)(C)C)c1. The van der Waals surface area contributed by atoms with Gasteiger partial charge in [0.15, 0.2) is 0 Å². The summed E-state index contributed by atoms with van der Waals surface area (Å²) >= 11 is 0. The summed E-state index contributed by atoms with van der Waals surface area (Å²) in [5, 5.41) is 19.0. The van der Waals surface area contributed by atoms with Crippen LogP contribution in [0.4, 0.5) is 0 Å². The summed E-state index contributed by atoms with van der Waals surface area (Å²) in [6.07, 6.45) is -0.314. The fourth-order valence-electron chi connectivity index (χ4n) is 2.49. The molecule has 0 heterocycles. The zero-order chi connectivity index (χ0) is 18.3. The van der Waals surface area contributed by atoms with Crippen molar-refractivity contribution in [2.24, 2.45) is 0 Å². The minimum absolute atomic E-state index is 0.0440. The summed E-state index contributed by atoms with van der Waals surface area (Å²) < 4.78 is 0. The maximum absolute atomic E-state index is 10.6. The van der Waals surface area contributed by atoms with Crippen LogP contribution in [0.5, 0.6) is 0 Å². The van der Waals surface area contributed by atoms with Crippen molar-refractivity contribution in [2.75, 3.05) is 6.61 Å². The Balaban J connectivity index is 3.65. The van der Waals surface area contributed by atoms with E-state index < -0.39 is 25.2 Å². The first-order valence-corrected chi connectivity index (χ1v) is 9.97. The van der Waals surface area contributed by atoms with Crippen LogP contribution >= 0.6 is 7.28 Å².